The van der Waals surface area contributed by atoms with Crippen LogP contribution in [0, 0.1) is 0 Å². The first kappa shape index (κ1) is 78.0. The van der Waals surface area contributed by atoms with Crippen molar-refractivity contribution in [2.45, 2.75) is 113 Å². The summed E-state index contributed by atoms with van der Waals surface area (Å²) in [5.41, 5.74) is -9.90. The molecule has 528 valence electrons. The monoisotopic (exact) mass is 1500 g/mol. The van der Waals surface area contributed by atoms with Crippen LogP contribution in [0.1, 0.15) is 22.3 Å². The summed E-state index contributed by atoms with van der Waals surface area (Å²) in [5.74, 6) is -93.2. The summed E-state index contributed by atoms with van der Waals surface area (Å²) in [7, 11) is -16.6. The van der Waals surface area contributed by atoms with Gasteiger partial charge in [0.1, 0.15) is 0 Å². The molecular formula is C45H18F38N2O6S3. The molecule has 49 heteroatoms. The number of hydrogen-bond donors (Lipinski definition) is 0. The van der Waals surface area contributed by atoms with Gasteiger partial charge >= 0.3 is 127 Å². The number of nitrogens with zero attached hydrogens (tertiary/aromatic N) is 2. The number of rotatable bonds is 22. The van der Waals surface area contributed by atoms with Crippen molar-refractivity contribution < 1.29 is 192 Å². The molecular weight excluding hydrogens is 1480 g/mol. The number of alkyl halides is 38. The Hall–Kier alpha value is -6.72. The van der Waals surface area contributed by atoms with E-state index in [-0.39, 0.29) is 51.2 Å². The molecule has 0 atom stereocenters. The standard InChI is InChI=1S/C23H8F21NO3S2.C22H10F17NO3S/c24-14(25)16(28,29)18(32,33)19(34,35)17(30,31)15(26,27)13(8-5-6-10-9-3-1-2-4-11(9)49-12(10)7-8)45-48-50(46,47)23(43,44)21(38,39)20(36,37)22(40,41)42;23-15(24)17(27,28)18(29,30)16(25,26)14(10-5-6-13-11(8-10)7-9-3-1-2-4-12(9)13)40-43-44(41,42)22(38,39)20(33,34)19(31,32)21(35,36)37/h1-7,14H;1-6,8,15H,7H2. The lowest BCUT2D eigenvalue weighted by atomic mass is 9.90. The van der Waals surface area contributed by atoms with Crippen LogP contribution in [-0.2, 0) is 35.2 Å². The van der Waals surface area contributed by atoms with Crippen molar-refractivity contribution in [2.75, 3.05) is 0 Å². The van der Waals surface area contributed by atoms with Crippen LogP contribution in [0.3, 0.4) is 0 Å². The molecule has 0 unspecified atom stereocenters. The lowest BCUT2D eigenvalue weighted by Crippen LogP contribution is -2.70. The van der Waals surface area contributed by atoms with E-state index in [0.29, 0.717) is 34.6 Å². The van der Waals surface area contributed by atoms with Crippen molar-refractivity contribution in [1.29, 1.82) is 0 Å². The Morgan fingerprint density at radius 3 is 1.17 bits per heavy atom. The average molecular weight is 1500 g/mol. The van der Waals surface area contributed by atoms with Crippen molar-refractivity contribution >= 4 is 63.2 Å². The Morgan fingerprint density at radius 1 is 0.372 bits per heavy atom. The third-order valence-corrected chi connectivity index (χ3v) is 16.0. The van der Waals surface area contributed by atoms with Crippen molar-refractivity contribution in [3.63, 3.8) is 0 Å². The van der Waals surface area contributed by atoms with E-state index in [4.69, 9.17) is 0 Å². The number of benzene rings is 4. The highest BCUT2D eigenvalue weighted by Crippen LogP contribution is 2.61. The van der Waals surface area contributed by atoms with Gasteiger partial charge in [0.25, 0.3) is 0 Å². The molecule has 0 amide bonds. The van der Waals surface area contributed by atoms with E-state index in [0.717, 1.165) is 6.07 Å². The van der Waals surface area contributed by atoms with Crippen LogP contribution < -0.4 is 0 Å². The molecule has 0 spiro atoms. The third-order valence-electron chi connectivity index (χ3n) is 12.6. The van der Waals surface area contributed by atoms with E-state index in [1.807, 2.05) is 0 Å². The SMILES string of the molecule is O=S(=O)(ON=C(c1ccc2c(c1)Cc1ccccc1-2)C(F)(F)C(F)(F)C(F)(F)C(F)F)C(F)(F)C(F)(F)C(F)(F)C(F)(F)F.O=S(=O)(ON=C(c1ccc2c(c1)sc1ccccc12)C(F)(F)C(F)(F)C(F)(F)C(F)(F)C(F)(F)C(F)F)C(F)(F)C(F)(F)C(F)(F)C(F)(F)F. The maximum absolute atomic E-state index is 15.2. The second-order valence-corrected chi connectivity index (χ2v) is 22.8. The molecule has 0 bridgehead atoms. The van der Waals surface area contributed by atoms with Gasteiger partial charge in [-0.2, -0.15) is 166 Å². The largest absolute Gasteiger partial charge is 0.460 e. The number of thiophene rings is 1. The van der Waals surface area contributed by atoms with Crippen LogP contribution in [0.25, 0.3) is 31.3 Å². The summed E-state index contributed by atoms with van der Waals surface area (Å²) in [6.07, 6.45) is -27.1. The zero-order valence-electron chi connectivity index (χ0n) is 42.9. The van der Waals surface area contributed by atoms with E-state index >= 15 is 8.78 Å². The molecule has 0 aliphatic heterocycles. The summed E-state index contributed by atoms with van der Waals surface area (Å²) in [4.78, 5) is 0. The van der Waals surface area contributed by atoms with Crippen LogP contribution in [0.15, 0.2) is 95.2 Å². The van der Waals surface area contributed by atoms with Gasteiger partial charge < -0.3 is 0 Å². The van der Waals surface area contributed by atoms with Gasteiger partial charge in [0.2, 0.25) is 0 Å². The fourth-order valence-corrected chi connectivity index (χ4v) is 10.00. The van der Waals surface area contributed by atoms with Crippen LogP contribution in [0.2, 0.25) is 0 Å². The number of halogens is 38. The highest BCUT2D eigenvalue weighted by molar-refractivity contribution is 7.88. The first-order valence-electron chi connectivity index (χ1n) is 22.8. The van der Waals surface area contributed by atoms with Gasteiger partial charge in [-0.15, -0.1) is 11.3 Å². The van der Waals surface area contributed by atoms with Crippen molar-refractivity contribution in [3.05, 3.63) is 107 Å². The fraction of sp³-hybridized carbons (Fsp3) is 0.422. The minimum Gasteiger partial charge on any atom is -0.263 e. The van der Waals surface area contributed by atoms with Gasteiger partial charge in [0.05, 0.1) is 0 Å². The highest BCUT2D eigenvalue weighted by atomic mass is 32.2. The molecule has 0 saturated heterocycles. The van der Waals surface area contributed by atoms with E-state index < -0.39 is 154 Å². The van der Waals surface area contributed by atoms with Gasteiger partial charge in [-0.25, -0.2) is 17.6 Å². The van der Waals surface area contributed by atoms with Crippen LogP contribution in [0.5, 0.6) is 0 Å². The molecule has 4 aromatic carbocycles. The van der Waals surface area contributed by atoms with E-state index in [2.05, 4.69) is 8.57 Å². The number of oxime groups is 2. The quantitative estimate of drug-likeness (QED) is 0.0380. The van der Waals surface area contributed by atoms with Crippen LogP contribution in [0.4, 0.5) is 167 Å². The van der Waals surface area contributed by atoms with Crippen LogP contribution in [-0.4, -0.2) is 135 Å². The van der Waals surface area contributed by atoms with E-state index in [9.17, 15) is 175 Å². The number of fused-ring (bicyclic) bond motifs is 6. The Morgan fingerprint density at radius 2 is 0.734 bits per heavy atom. The lowest BCUT2D eigenvalue weighted by molar-refractivity contribution is -0.404. The van der Waals surface area contributed by atoms with E-state index in [1.165, 1.54) is 53.7 Å². The lowest BCUT2D eigenvalue weighted by Gasteiger charge is -2.39. The molecule has 0 fully saturated rings. The minimum atomic E-state index is -8.41. The van der Waals surface area contributed by atoms with Crippen molar-refractivity contribution in [2.24, 2.45) is 10.3 Å². The van der Waals surface area contributed by atoms with Crippen molar-refractivity contribution in [3.8, 4) is 11.1 Å². The molecule has 8 nitrogen and oxygen atoms in total. The first-order valence-corrected chi connectivity index (χ1v) is 26.5. The van der Waals surface area contributed by atoms with E-state index in [1.54, 1.807) is 5.16 Å². The molecule has 6 rings (SSSR count). The van der Waals surface area contributed by atoms with Gasteiger partial charge in [-0.1, -0.05) is 77.0 Å². The van der Waals surface area contributed by atoms with Crippen molar-refractivity contribution in [1.82, 2.24) is 0 Å². The zero-order valence-corrected chi connectivity index (χ0v) is 45.3. The maximum atomic E-state index is 15.2. The molecule has 0 saturated carbocycles. The molecule has 94 heavy (non-hydrogen) atoms. The Bertz CT molecular complexity index is 3970. The molecule has 1 aromatic heterocycles. The summed E-state index contributed by atoms with van der Waals surface area (Å²) >= 11 is 0.458. The molecule has 5 aromatic rings. The smallest absolute Gasteiger partial charge is 0.263 e. The van der Waals surface area contributed by atoms with Gasteiger partial charge in [-0.05, 0) is 46.9 Å². The average Bonchev–Trinajstić information content (AvgIpc) is 0.877. The zero-order chi connectivity index (χ0) is 73.2. The Kier molecular flexibility index (Phi) is 19.5. The predicted octanol–water partition coefficient (Wildman–Crippen LogP) is 17.9. The van der Waals surface area contributed by atoms with Gasteiger partial charge in [0.15, 0.2) is 11.4 Å². The van der Waals surface area contributed by atoms with Gasteiger partial charge in [-0.3, -0.25) is 8.57 Å². The summed E-state index contributed by atoms with van der Waals surface area (Å²) in [6.45, 7) is 0. The second-order valence-electron chi connectivity index (χ2n) is 18.6. The molecule has 1 heterocycles. The maximum Gasteiger partial charge on any atom is 0.460 e. The topological polar surface area (TPSA) is 111 Å². The molecule has 0 radical (unpaired) electrons. The summed E-state index contributed by atoms with van der Waals surface area (Å²) in [5, 5.41) is -12.7. The summed E-state index contributed by atoms with van der Waals surface area (Å²) in [6, 6.07) is 12.9. The second kappa shape index (κ2) is 23.5. The predicted molar refractivity (Wildman–Crippen MR) is 240 cm³/mol. The highest BCUT2D eigenvalue weighted by Gasteiger charge is 2.90. The first-order chi connectivity index (χ1) is 41.7. The number of hydrogen-bond acceptors (Lipinski definition) is 9. The minimum absolute atomic E-state index is 0.0190. The molecule has 1 aliphatic carbocycles. The third kappa shape index (κ3) is 11.7. The van der Waals surface area contributed by atoms with Crippen LogP contribution >= 0.6 is 11.3 Å². The Balaban J connectivity index is 0.000000343. The molecule has 0 N–H and O–H groups in total. The fourth-order valence-electron chi connectivity index (χ4n) is 7.43. The Labute approximate surface area is 496 Å². The summed E-state index contributed by atoms with van der Waals surface area (Å²) < 4.78 is 567. The van der Waals surface area contributed by atoms with Gasteiger partial charge in [0, 0.05) is 31.3 Å². The molecule has 1 aliphatic rings. The normalized spacial score (nSPS) is 15.8.